The summed E-state index contributed by atoms with van der Waals surface area (Å²) in [5, 5.41) is 2.83. The van der Waals surface area contributed by atoms with Gasteiger partial charge in [0.25, 0.3) is 0 Å². The average Bonchev–Trinajstić information content (AvgIpc) is 1.84. The van der Waals surface area contributed by atoms with E-state index in [1.165, 1.54) is 0 Å². The van der Waals surface area contributed by atoms with Crippen molar-refractivity contribution in [3.8, 4) is 12.3 Å². The van der Waals surface area contributed by atoms with Gasteiger partial charge >= 0.3 is 0 Å². The van der Waals surface area contributed by atoms with E-state index in [4.69, 9.17) is 6.42 Å². The summed E-state index contributed by atoms with van der Waals surface area (Å²) in [6, 6.07) is 0.0984. The first-order valence-electron chi connectivity index (χ1n) is 4.29. The van der Waals surface area contributed by atoms with Crippen LogP contribution in [0.2, 0.25) is 0 Å². The summed E-state index contributed by atoms with van der Waals surface area (Å²) in [4.78, 5) is 11.2. The van der Waals surface area contributed by atoms with E-state index in [1.54, 1.807) is 0 Å². The molecule has 0 saturated carbocycles. The number of carbonyl (C=O) groups is 1. The second-order valence-electron chi connectivity index (χ2n) is 3.47. The van der Waals surface area contributed by atoms with Gasteiger partial charge in [-0.1, -0.05) is 13.8 Å². The van der Waals surface area contributed by atoms with Crippen molar-refractivity contribution in [2.45, 2.75) is 39.7 Å². The Morgan fingerprint density at radius 1 is 1.50 bits per heavy atom. The highest BCUT2D eigenvalue weighted by Crippen LogP contribution is 1.99. The van der Waals surface area contributed by atoms with Gasteiger partial charge in [0.15, 0.2) is 0 Å². The van der Waals surface area contributed by atoms with Crippen molar-refractivity contribution in [1.29, 1.82) is 0 Å². The van der Waals surface area contributed by atoms with Gasteiger partial charge < -0.3 is 5.32 Å². The van der Waals surface area contributed by atoms with Crippen LogP contribution in [0.5, 0.6) is 0 Å². The Morgan fingerprint density at radius 2 is 2.08 bits per heavy atom. The van der Waals surface area contributed by atoms with Gasteiger partial charge in [-0.15, -0.1) is 12.3 Å². The molecule has 0 aliphatic carbocycles. The SMILES string of the molecule is C#CCC(C)NC(=O)CC(C)C. The van der Waals surface area contributed by atoms with E-state index in [9.17, 15) is 4.79 Å². The Balaban J connectivity index is 3.63. The number of carbonyl (C=O) groups excluding carboxylic acids is 1. The smallest absolute Gasteiger partial charge is 0.220 e. The highest BCUT2D eigenvalue weighted by molar-refractivity contribution is 5.76. The fraction of sp³-hybridized carbons (Fsp3) is 0.700. The molecule has 1 unspecified atom stereocenters. The first-order chi connectivity index (χ1) is 5.56. The maximum absolute atomic E-state index is 11.2. The molecule has 0 aromatic carbocycles. The van der Waals surface area contributed by atoms with Crippen molar-refractivity contribution in [2.24, 2.45) is 5.92 Å². The van der Waals surface area contributed by atoms with Crippen molar-refractivity contribution in [1.82, 2.24) is 5.32 Å². The molecular formula is C10H17NO. The molecule has 1 amide bonds. The molecule has 0 fully saturated rings. The molecule has 1 N–H and O–H groups in total. The number of terminal acetylenes is 1. The second kappa shape index (κ2) is 5.65. The normalized spacial score (nSPS) is 12.2. The lowest BCUT2D eigenvalue weighted by Crippen LogP contribution is -2.32. The van der Waals surface area contributed by atoms with E-state index in [0.29, 0.717) is 18.8 Å². The molecular weight excluding hydrogens is 150 g/mol. The summed E-state index contributed by atoms with van der Waals surface area (Å²) in [7, 11) is 0. The van der Waals surface area contributed by atoms with E-state index in [-0.39, 0.29) is 11.9 Å². The lowest BCUT2D eigenvalue weighted by molar-refractivity contribution is -0.122. The molecule has 2 heteroatoms. The standard InChI is InChI=1S/C10H17NO/c1-5-6-9(4)11-10(12)7-8(2)3/h1,8-9H,6-7H2,2-4H3,(H,11,12). The fourth-order valence-electron chi connectivity index (χ4n) is 0.932. The highest BCUT2D eigenvalue weighted by Gasteiger charge is 2.07. The molecule has 0 aliphatic heterocycles. The van der Waals surface area contributed by atoms with Crippen molar-refractivity contribution in [2.75, 3.05) is 0 Å². The number of hydrogen-bond acceptors (Lipinski definition) is 1. The molecule has 0 aromatic rings. The van der Waals surface area contributed by atoms with Gasteiger partial charge in [-0.05, 0) is 12.8 Å². The van der Waals surface area contributed by atoms with Gasteiger partial charge in [0.1, 0.15) is 0 Å². The van der Waals surface area contributed by atoms with Crippen LogP contribution in [0.1, 0.15) is 33.6 Å². The third-order valence-corrected chi connectivity index (χ3v) is 1.43. The topological polar surface area (TPSA) is 29.1 Å². The Hall–Kier alpha value is -0.970. The molecule has 68 valence electrons. The lowest BCUT2D eigenvalue weighted by atomic mass is 10.1. The van der Waals surface area contributed by atoms with Gasteiger partial charge in [0.05, 0.1) is 0 Å². The van der Waals surface area contributed by atoms with Crippen molar-refractivity contribution in [3.05, 3.63) is 0 Å². The van der Waals surface area contributed by atoms with Crippen LogP contribution in [-0.4, -0.2) is 11.9 Å². The summed E-state index contributed by atoms with van der Waals surface area (Å²) in [6.45, 7) is 5.95. The lowest BCUT2D eigenvalue weighted by Gasteiger charge is -2.11. The molecule has 0 heterocycles. The maximum Gasteiger partial charge on any atom is 0.220 e. The molecule has 0 aliphatic rings. The monoisotopic (exact) mass is 167 g/mol. The zero-order valence-corrected chi connectivity index (χ0v) is 8.05. The summed E-state index contributed by atoms with van der Waals surface area (Å²) >= 11 is 0. The molecule has 0 bridgehead atoms. The van der Waals surface area contributed by atoms with Gasteiger partial charge in [-0.3, -0.25) is 4.79 Å². The minimum absolute atomic E-state index is 0.0905. The van der Waals surface area contributed by atoms with Crippen LogP contribution in [0.4, 0.5) is 0 Å². The molecule has 0 spiro atoms. The number of hydrogen-bond donors (Lipinski definition) is 1. The van der Waals surface area contributed by atoms with E-state index in [0.717, 1.165) is 0 Å². The van der Waals surface area contributed by atoms with Crippen molar-refractivity contribution >= 4 is 5.91 Å². The Morgan fingerprint density at radius 3 is 2.50 bits per heavy atom. The highest BCUT2D eigenvalue weighted by atomic mass is 16.1. The Bertz CT molecular complexity index is 179. The predicted octanol–water partition coefficient (Wildman–Crippen LogP) is 1.56. The molecule has 0 saturated heterocycles. The zero-order chi connectivity index (χ0) is 9.56. The minimum Gasteiger partial charge on any atom is -0.353 e. The minimum atomic E-state index is 0.0905. The second-order valence-corrected chi connectivity index (χ2v) is 3.47. The molecule has 1 atom stereocenters. The maximum atomic E-state index is 11.2. The molecule has 0 rings (SSSR count). The van der Waals surface area contributed by atoms with E-state index in [2.05, 4.69) is 11.2 Å². The largest absolute Gasteiger partial charge is 0.353 e. The Kier molecular flexibility index (Phi) is 5.19. The quantitative estimate of drug-likeness (QED) is 0.632. The summed E-state index contributed by atoms with van der Waals surface area (Å²) < 4.78 is 0. The van der Waals surface area contributed by atoms with Crippen LogP contribution < -0.4 is 5.32 Å². The zero-order valence-electron chi connectivity index (χ0n) is 8.05. The molecule has 2 nitrogen and oxygen atoms in total. The van der Waals surface area contributed by atoms with Crippen LogP contribution in [0.3, 0.4) is 0 Å². The van der Waals surface area contributed by atoms with Crippen LogP contribution in [0, 0.1) is 18.3 Å². The van der Waals surface area contributed by atoms with Crippen molar-refractivity contribution < 1.29 is 4.79 Å². The summed E-state index contributed by atoms with van der Waals surface area (Å²) in [5.41, 5.74) is 0. The van der Waals surface area contributed by atoms with E-state index < -0.39 is 0 Å². The summed E-state index contributed by atoms with van der Waals surface area (Å²) in [5.74, 6) is 3.01. The van der Waals surface area contributed by atoms with Gasteiger partial charge in [0, 0.05) is 18.9 Å². The first kappa shape index (κ1) is 11.0. The van der Waals surface area contributed by atoms with Crippen LogP contribution in [0.25, 0.3) is 0 Å². The van der Waals surface area contributed by atoms with Crippen LogP contribution in [0.15, 0.2) is 0 Å². The predicted molar refractivity (Wildman–Crippen MR) is 50.5 cm³/mol. The number of amides is 1. The molecule has 12 heavy (non-hydrogen) atoms. The van der Waals surface area contributed by atoms with E-state index in [1.807, 2.05) is 20.8 Å². The van der Waals surface area contributed by atoms with Crippen LogP contribution in [-0.2, 0) is 4.79 Å². The van der Waals surface area contributed by atoms with Crippen molar-refractivity contribution in [3.63, 3.8) is 0 Å². The fourth-order valence-corrected chi connectivity index (χ4v) is 0.932. The third-order valence-electron chi connectivity index (χ3n) is 1.43. The number of rotatable bonds is 4. The molecule has 0 radical (unpaired) electrons. The average molecular weight is 167 g/mol. The van der Waals surface area contributed by atoms with Gasteiger partial charge in [-0.25, -0.2) is 0 Å². The Labute approximate surface area is 74.7 Å². The van der Waals surface area contributed by atoms with E-state index >= 15 is 0 Å². The molecule has 0 aromatic heterocycles. The number of nitrogens with one attached hydrogen (secondary N) is 1. The first-order valence-corrected chi connectivity index (χ1v) is 4.29. The van der Waals surface area contributed by atoms with Gasteiger partial charge in [-0.2, -0.15) is 0 Å². The van der Waals surface area contributed by atoms with Gasteiger partial charge in [0.2, 0.25) is 5.91 Å². The summed E-state index contributed by atoms with van der Waals surface area (Å²) in [6.07, 6.45) is 6.28. The van der Waals surface area contributed by atoms with Crippen LogP contribution >= 0.6 is 0 Å². The third kappa shape index (κ3) is 5.79.